The molecule has 0 aliphatic carbocycles. The van der Waals surface area contributed by atoms with Gasteiger partial charge in [-0.1, -0.05) is 54.6 Å². The first-order chi connectivity index (χ1) is 13.8. The van der Waals surface area contributed by atoms with E-state index >= 15 is 0 Å². The third-order valence-electron chi connectivity index (χ3n) is 4.02. The summed E-state index contributed by atoms with van der Waals surface area (Å²) in [5.74, 6) is 0. The minimum Gasteiger partial charge on any atom is -0.390 e. The highest BCUT2D eigenvalue weighted by Crippen LogP contribution is 2.11. The fourth-order valence-electron chi connectivity index (χ4n) is 2.55. The Bertz CT molecular complexity index is 866. The zero-order valence-corrected chi connectivity index (χ0v) is 15.3. The third kappa shape index (κ3) is 5.26. The van der Waals surface area contributed by atoms with E-state index < -0.39 is 0 Å². The minimum atomic E-state index is -0.225. The molecule has 6 heteroatoms. The highest BCUT2D eigenvalue weighted by molar-refractivity contribution is 6.06. The van der Waals surface area contributed by atoms with Crippen LogP contribution >= 0.6 is 0 Å². The van der Waals surface area contributed by atoms with Gasteiger partial charge in [0.05, 0.1) is 36.0 Å². The van der Waals surface area contributed by atoms with Crippen LogP contribution in [0.25, 0.3) is 0 Å². The number of nitrogens with zero attached hydrogens (tertiary/aromatic N) is 2. The fourth-order valence-corrected chi connectivity index (χ4v) is 2.55. The molecule has 0 saturated carbocycles. The van der Waals surface area contributed by atoms with Gasteiger partial charge in [-0.05, 0) is 30.3 Å². The van der Waals surface area contributed by atoms with Crippen molar-refractivity contribution in [3.8, 4) is 0 Å². The highest BCUT2D eigenvalue weighted by atomic mass is 16.3. The van der Waals surface area contributed by atoms with Crippen molar-refractivity contribution >= 4 is 22.8 Å². The van der Waals surface area contributed by atoms with Gasteiger partial charge in [0.25, 0.3) is 0 Å². The molecule has 0 amide bonds. The molecule has 4 N–H and O–H groups in total. The Kier molecular flexibility index (Phi) is 6.89. The van der Waals surface area contributed by atoms with Crippen molar-refractivity contribution in [3.05, 3.63) is 96.1 Å². The summed E-state index contributed by atoms with van der Waals surface area (Å²) in [7, 11) is 0. The molecule has 0 radical (unpaired) electrons. The summed E-state index contributed by atoms with van der Waals surface area (Å²) in [6, 6.07) is 26.4. The van der Waals surface area contributed by atoms with Crippen molar-refractivity contribution < 1.29 is 10.2 Å². The predicted molar refractivity (Wildman–Crippen MR) is 114 cm³/mol. The van der Waals surface area contributed by atoms with E-state index in [0.29, 0.717) is 11.4 Å². The number of rotatable bonds is 8. The quantitative estimate of drug-likeness (QED) is 0.360. The van der Waals surface area contributed by atoms with Crippen LogP contribution in [0.2, 0.25) is 0 Å². The number of hydrazone groups is 2. The highest BCUT2D eigenvalue weighted by Gasteiger charge is 2.08. The number of aliphatic hydroxyl groups is 2. The van der Waals surface area contributed by atoms with Gasteiger partial charge < -0.3 is 10.2 Å². The van der Waals surface area contributed by atoms with E-state index in [0.717, 1.165) is 22.5 Å². The van der Waals surface area contributed by atoms with Crippen LogP contribution in [-0.2, 0) is 0 Å². The largest absolute Gasteiger partial charge is 0.390 e. The van der Waals surface area contributed by atoms with Gasteiger partial charge in [-0.15, -0.1) is 0 Å². The molecule has 6 nitrogen and oxygen atoms in total. The summed E-state index contributed by atoms with van der Waals surface area (Å²) in [6.07, 6.45) is 0. The standard InChI is InChI=1S/C22H22N4O2/c27-15-21(25-23-19-10-3-1-4-11-19)17-8-7-9-18(14-17)22(16-28)26-24-20-12-5-2-6-13-20/h1-14,23-24,27-28H,15-16H2/b25-21-,26-22+. The summed E-state index contributed by atoms with van der Waals surface area (Å²) in [5, 5.41) is 28.1. The van der Waals surface area contributed by atoms with Crippen molar-refractivity contribution in [3.63, 3.8) is 0 Å². The SMILES string of the molecule is OC/C(=N\Nc1ccccc1)c1cccc(/C(CO)=N\Nc2ccccc2)c1. The van der Waals surface area contributed by atoms with Crippen molar-refractivity contribution in [1.82, 2.24) is 0 Å². The summed E-state index contributed by atoms with van der Waals surface area (Å²) >= 11 is 0. The van der Waals surface area contributed by atoms with Crippen LogP contribution in [-0.4, -0.2) is 34.9 Å². The lowest BCUT2D eigenvalue weighted by atomic mass is 10.0. The lowest BCUT2D eigenvalue weighted by molar-refractivity contribution is 0.357. The second-order valence-electron chi connectivity index (χ2n) is 5.97. The van der Waals surface area contributed by atoms with E-state index in [2.05, 4.69) is 21.1 Å². The molecule has 0 bridgehead atoms. The molecule has 0 aliphatic rings. The Morgan fingerprint density at radius 2 is 1.04 bits per heavy atom. The summed E-state index contributed by atoms with van der Waals surface area (Å²) in [5.41, 5.74) is 9.99. The Balaban J connectivity index is 1.80. The Morgan fingerprint density at radius 3 is 1.43 bits per heavy atom. The second kappa shape index (κ2) is 10.0. The molecular formula is C22H22N4O2. The van der Waals surface area contributed by atoms with Crippen molar-refractivity contribution in [2.45, 2.75) is 0 Å². The predicted octanol–water partition coefficient (Wildman–Crippen LogP) is 3.30. The van der Waals surface area contributed by atoms with Gasteiger partial charge >= 0.3 is 0 Å². The normalized spacial score (nSPS) is 11.9. The van der Waals surface area contributed by atoms with Crippen molar-refractivity contribution in [2.75, 3.05) is 24.1 Å². The van der Waals surface area contributed by atoms with Gasteiger partial charge in [0.2, 0.25) is 0 Å². The summed E-state index contributed by atoms with van der Waals surface area (Å²) < 4.78 is 0. The molecule has 0 unspecified atom stereocenters. The molecule has 0 spiro atoms. The molecule has 0 aliphatic heterocycles. The van der Waals surface area contributed by atoms with Gasteiger partial charge in [0, 0.05) is 11.1 Å². The van der Waals surface area contributed by atoms with E-state index in [9.17, 15) is 10.2 Å². The number of nitrogens with one attached hydrogen (secondary N) is 2. The first-order valence-electron chi connectivity index (χ1n) is 8.88. The van der Waals surface area contributed by atoms with E-state index in [-0.39, 0.29) is 13.2 Å². The summed E-state index contributed by atoms with van der Waals surface area (Å²) in [4.78, 5) is 0. The van der Waals surface area contributed by atoms with Gasteiger partial charge in [0.15, 0.2) is 0 Å². The Labute approximate surface area is 163 Å². The second-order valence-corrected chi connectivity index (χ2v) is 5.97. The molecule has 0 atom stereocenters. The molecule has 28 heavy (non-hydrogen) atoms. The van der Waals surface area contributed by atoms with E-state index in [1.807, 2.05) is 84.9 Å². The molecule has 3 aromatic carbocycles. The maximum atomic E-state index is 9.73. The van der Waals surface area contributed by atoms with E-state index in [1.165, 1.54) is 0 Å². The maximum absolute atomic E-state index is 9.73. The summed E-state index contributed by atoms with van der Waals surface area (Å²) in [6.45, 7) is -0.450. The zero-order valence-electron chi connectivity index (χ0n) is 15.3. The van der Waals surface area contributed by atoms with Crippen LogP contribution in [0.5, 0.6) is 0 Å². The topological polar surface area (TPSA) is 89.2 Å². The minimum absolute atomic E-state index is 0.225. The lowest BCUT2D eigenvalue weighted by Gasteiger charge is -2.09. The lowest BCUT2D eigenvalue weighted by Crippen LogP contribution is -2.13. The zero-order chi connectivity index (χ0) is 19.6. The first kappa shape index (κ1) is 19.3. The average molecular weight is 374 g/mol. The van der Waals surface area contributed by atoms with E-state index in [1.54, 1.807) is 0 Å². The van der Waals surface area contributed by atoms with Gasteiger partial charge in [-0.25, -0.2) is 0 Å². The Morgan fingerprint density at radius 1 is 0.607 bits per heavy atom. The maximum Gasteiger partial charge on any atom is 0.0933 e. The molecule has 0 fully saturated rings. The fraction of sp³-hybridized carbons (Fsp3) is 0.0909. The molecule has 0 saturated heterocycles. The number of hydrogen-bond donors (Lipinski definition) is 4. The number of para-hydroxylation sites is 2. The Hall–Kier alpha value is -3.48. The molecule has 0 heterocycles. The van der Waals surface area contributed by atoms with E-state index in [4.69, 9.17) is 0 Å². The third-order valence-corrected chi connectivity index (χ3v) is 4.02. The van der Waals surface area contributed by atoms with Crippen molar-refractivity contribution in [1.29, 1.82) is 0 Å². The smallest absolute Gasteiger partial charge is 0.0933 e. The molecular weight excluding hydrogens is 352 g/mol. The number of benzene rings is 3. The van der Waals surface area contributed by atoms with Crippen LogP contribution in [0.15, 0.2) is 95.1 Å². The molecule has 0 aromatic heterocycles. The van der Waals surface area contributed by atoms with Crippen LogP contribution in [0.4, 0.5) is 11.4 Å². The first-order valence-corrected chi connectivity index (χ1v) is 8.88. The van der Waals surface area contributed by atoms with Crippen LogP contribution < -0.4 is 10.9 Å². The molecule has 3 rings (SSSR count). The van der Waals surface area contributed by atoms with Gasteiger partial charge in [0.1, 0.15) is 0 Å². The van der Waals surface area contributed by atoms with Crippen LogP contribution in [0.3, 0.4) is 0 Å². The number of aliphatic hydroxyl groups excluding tert-OH is 2. The van der Waals surface area contributed by atoms with Crippen LogP contribution in [0, 0.1) is 0 Å². The number of anilines is 2. The average Bonchev–Trinajstić information content (AvgIpc) is 2.76. The number of hydrogen-bond acceptors (Lipinski definition) is 6. The van der Waals surface area contributed by atoms with Crippen molar-refractivity contribution in [2.24, 2.45) is 10.2 Å². The van der Waals surface area contributed by atoms with Gasteiger partial charge in [-0.3, -0.25) is 10.9 Å². The van der Waals surface area contributed by atoms with Crippen LogP contribution in [0.1, 0.15) is 11.1 Å². The van der Waals surface area contributed by atoms with Gasteiger partial charge in [-0.2, -0.15) is 10.2 Å². The monoisotopic (exact) mass is 374 g/mol. The molecule has 142 valence electrons. The molecule has 3 aromatic rings.